The minimum atomic E-state index is -0.535. The van der Waals surface area contributed by atoms with Gasteiger partial charge in [-0.1, -0.05) is 42.5 Å². The topological polar surface area (TPSA) is 20.2 Å². The van der Waals surface area contributed by atoms with Crippen LogP contribution in [0.15, 0.2) is 54.6 Å². The Hall–Kier alpha value is -1.67. The second kappa shape index (κ2) is 4.90. The summed E-state index contributed by atoms with van der Waals surface area (Å²) < 4.78 is 12.7. The van der Waals surface area contributed by atoms with E-state index in [9.17, 15) is 9.50 Å². The molecule has 0 saturated carbocycles. The lowest BCUT2D eigenvalue weighted by Gasteiger charge is -2.10. The van der Waals surface area contributed by atoms with Crippen molar-refractivity contribution in [1.82, 2.24) is 0 Å². The number of aliphatic hydroxyl groups excluding tert-OH is 1. The van der Waals surface area contributed by atoms with Gasteiger partial charge in [-0.25, -0.2) is 4.39 Å². The average molecular weight is 216 g/mol. The van der Waals surface area contributed by atoms with Crippen molar-refractivity contribution >= 4 is 0 Å². The molecule has 0 aliphatic heterocycles. The number of aliphatic hydroxyl groups is 1. The first-order chi connectivity index (χ1) is 7.75. The molecule has 0 bridgehead atoms. The van der Waals surface area contributed by atoms with E-state index >= 15 is 0 Å². The molecule has 0 spiro atoms. The summed E-state index contributed by atoms with van der Waals surface area (Å²) in [7, 11) is 0. The minimum absolute atomic E-state index is 0.252. The number of hydrogen-bond acceptors (Lipinski definition) is 1. The van der Waals surface area contributed by atoms with Gasteiger partial charge in [0.05, 0.1) is 6.10 Å². The average Bonchev–Trinajstić information content (AvgIpc) is 2.33. The van der Waals surface area contributed by atoms with Gasteiger partial charge in [-0.15, -0.1) is 0 Å². The SMILES string of the molecule is O[C@@H](Cc1ccc(F)cc1)c1ccccc1. The third-order valence-electron chi connectivity index (χ3n) is 2.53. The molecule has 2 heteroatoms. The molecule has 2 rings (SSSR count). The van der Waals surface area contributed by atoms with Crippen molar-refractivity contribution in [3.05, 3.63) is 71.5 Å². The van der Waals surface area contributed by atoms with Crippen molar-refractivity contribution < 1.29 is 9.50 Å². The van der Waals surface area contributed by atoms with Crippen molar-refractivity contribution in [2.24, 2.45) is 0 Å². The van der Waals surface area contributed by atoms with Crippen molar-refractivity contribution in [3.63, 3.8) is 0 Å². The van der Waals surface area contributed by atoms with Gasteiger partial charge in [0.1, 0.15) is 5.82 Å². The Balaban J connectivity index is 2.08. The summed E-state index contributed by atoms with van der Waals surface area (Å²) in [4.78, 5) is 0. The van der Waals surface area contributed by atoms with Gasteiger partial charge in [-0.05, 0) is 23.3 Å². The standard InChI is InChI=1S/C14H13FO/c15-13-8-6-11(7-9-13)10-14(16)12-4-2-1-3-5-12/h1-9,14,16H,10H2/t14-/m0/s1. The molecule has 1 nitrogen and oxygen atoms in total. The lowest BCUT2D eigenvalue weighted by Crippen LogP contribution is -2.01. The normalized spacial score (nSPS) is 12.4. The van der Waals surface area contributed by atoms with E-state index in [0.29, 0.717) is 6.42 Å². The number of benzene rings is 2. The minimum Gasteiger partial charge on any atom is -0.388 e. The maximum atomic E-state index is 12.7. The summed E-state index contributed by atoms with van der Waals surface area (Å²) in [5.41, 5.74) is 1.81. The van der Waals surface area contributed by atoms with E-state index in [1.807, 2.05) is 30.3 Å². The maximum Gasteiger partial charge on any atom is 0.123 e. The van der Waals surface area contributed by atoms with Crippen molar-refractivity contribution in [1.29, 1.82) is 0 Å². The molecular formula is C14H13FO. The van der Waals surface area contributed by atoms with Crippen LogP contribution in [0.2, 0.25) is 0 Å². The first-order valence-electron chi connectivity index (χ1n) is 5.23. The van der Waals surface area contributed by atoms with Gasteiger partial charge in [-0.2, -0.15) is 0 Å². The maximum absolute atomic E-state index is 12.7. The summed E-state index contributed by atoms with van der Waals surface area (Å²) in [6.45, 7) is 0. The van der Waals surface area contributed by atoms with Gasteiger partial charge in [-0.3, -0.25) is 0 Å². The Morgan fingerprint density at radius 3 is 2.19 bits per heavy atom. The van der Waals surface area contributed by atoms with E-state index in [-0.39, 0.29) is 5.82 Å². The highest BCUT2D eigenvalue weighted by Crippen LogP contribution is 2.17. The number of hydrogen-bond donors (Lipinski definition) is 1. The fraction of sp³-hybridized carbons (Fsp3) is 0.143. The van der Waals surface area contributed by atoms with Gasteiger partial charge < -0.3 is 5.11 Å². The largest absolute Gasteiger partial charge is 0.388 e. The Kier molecular flexibility index (Phi) is 3.32. The zero-order valence-corrected chi connectivity index (χ0v) is 8.81. The van der Waals surface area contributed by atoms with Crippen LogP contribution in [0, 0.1) is 5.82 Å². The molecule has 0 aliphatic rings. The lowest BCUT2D eigenvalue weighted by molar-refractivity contribution is 0.178. The molecule has 1 atom stereocenters. The van der Waals surface area contributed by atoms with Gasteiger partial charge >= 0.3 is 0 Å². The molecule has 82 valence electrons. The molecule has 0 radical (unpaired) electrons. The zero-order valence-electron chi connectivity index (χ0n) is 8.81. The fourth-order valence-corrected chi connectivity index (χ4v) is 1.64. The molecule has 0 heterocycles. The second-order valence-electron chi connectivity index (χ2n) is 3.76. The molecule has 16 heavy (non-hydrogen) atoms. The molecular weight excluding hydrogens is 203 g/mol. The highest BCUT2D eigenvalue weighted by molar-refractivity contribution is 5.22. The van der Waals surface area contributed by atoms with Crippen LogP contribution in [0.4, 0.5) is 4.39 Å². The Bertz CT molecular complexity index is 436. The molecule has 2 aromatic rings. The molecule has 0 aliphatic carbocycles. The quantitative estimate of drug-likeness (QED) is 0.835. The summed E-state index contributed by atoms with van der Waals surface area (Å²) in [6.07, 6.45) is -0.0312. The Labute approximate surface area is 94.2 Å². The highest BCUT2D eigenvalue weighted by Gasteiger charge is 2.07. The van der Waals surface area contributed by atoms with Gasteiger partial charge in [0.25, 0.3) is 0 Å². The van der Waals surface area contributed by atoms with E-state index in [0.717, 1.165) is 11.1 Å². The third kappa shape index (κ3) is 2.67. The Morgan fingerprint density at radius 2 is 1.56 bits per heavy atom. The highest BCUT2D eigenvalue weighted by atomic mass is 19.1. The van der Waals surface area contributed by atoms with Crippen LogP contribution in [-0.2, 0) is 6.42 Å². The van der Waals surface area contributed by atoms with E-state index in [1.165, 1.54) is 12.1 Å². The monoisotopic (exact) mass is 216 g/mol. The summed E-state index contributed by atoms with van der Waals surface area (Å²) >= 11 is 0. The number of rotatable bonds is 3. The van der Waals surface area contributed by atoms with Crippen LogP contribution in [0.5, 0.6) is 0 Å². The third-order valence-corrected chi connectivity index (χ3v) is 2.53. The molecule has 0 amide bonds. The number of halogens is 1. The second-order valence-corrected chi connectivity index (χ2v) is 3.76. The lowest BCUT2D eigenvalue weighted by atomic mass is 10.0. The van der Waals surface area contributed by atoms with Crippen molar-refractivity contribution in [2.75, 3.05) is 0 Å². The first kappa shape index (κ1) is 10.8. The zero-order chi connectivity index (χ0) is 11.4. The summed E-state index contributed by atoms with van der Waals surface area (Å²) in [6, 6.07) is 15.7. The van der Waals surface area contributed by atoms with E-state index < -0.39 is 6.10 Å². The van der Waals surface area contributed by atoms with Gasteiger partial charge in [0.15, 0.2) is 0 Å². The van der Waals surface area contributed by atoms with E-state index in [4.69, 9.17) is 0 Å². The molecule has 0 fully saturated rings. The van der Waals surface area contributed by atoms with Crippen molar-refractivity contribution in [3.8, 4) is 0 Å². The first-order valence-corrected chi connectivity index (χ1v) is 5.23. The van der Waals surface area contributed by atoms with Crippen molar-refractivity contribution in [2.45, 2.75) is 12.5 Å². The Morgan fingerprint density at radius 1 is 0.938 bits per heavy atom. The fourth-order valence-electron chi connectivity index (χ4n) is 1.64. The summed E-state index contributed by atoms with van der Waals surface area (Å²) in [5.74, 6) is -0.252. The molecule has 1 N–H and O–H groups in total. The predicted octanol–water partition coefficient (Wildman–Crippen LogP) is 3.10. The van der Waals surface area contributed by atoms with Crippen LogP contribution in [0.1, 0.15) is 17.2 Å². The van der Waals surface area contributed by atoms with Crippen LogP contribution in [0.3, 0.4) is 0 Å². The molecule has 0 aromatic heterocycles. The van der Waals surface area contributed by atoms with Crippen LogP contribution in [0.25, 0.3) is 0 Å². The van der Waals surface area contributed by atoms with Crippen LogP contribution in [-0.4, -0.2) is 5.11 Å². The smallest absolute Gasteiger partial charge is 0.123 e. The van der Waals surface area contributed by atoms with E-state index in [2.05, 4.69) is 0 Å². The van der Waals surface area contributed by atoms with Crippen LogP contribution < -0.4 is 0 Å². The van der Waals surface area contributed by atoms with Gasteiger partial charge in [0, 0.05) is 6.42 Å². The predicted molar refractivity (Wildman–Crippen MR) is 61.5 cm³/mol. The summed E-state index contributed by atoms with van der Waals surface area (Å²) in [5, 5.41) is 9.95. The van der Waals surface area contributed by atoms with E-state index in [1.54, 1.807) is 12.1 Å². The van der Waals surface area contributed by atoms with Crippen LogP contribution >= 0.6 is 0 Å². The van der Waals surface area contributed by atoms with Gasteiger partial charge in [0.2, 0.25) is 0 Å². The molecule has 0 unspecified atom stereocenters. The molecule has 0 saturated heterocycles. The molecule has 2 aromatic carbocycles.